The van der Waals surface area contributed by atoms with Gasteiger partial charge in [-0.15, -0.1) is 0 Å². The van der Waals surface area contributed by atoms with Crippen molar-refractivity contribution in [2.75, 3.05) is 6.61 Å². The van der Waals surface area contributed by atoms with Crippen molar-refractivity contribution >= 4 is 21.8 Å². The predicted molar refractivity (Wildman–Crippen MR) is 77.7 cm³/mol. The molecule has 1 aromatic heterocycles. The number of aromatic nitrogens is 2. The van der Waals surface area contributed by atoms with Gasteiger partial charge in [0.15, 0.2) is 0 Å². The highest BCUT2D eigenvalue weighted by Gasteiger charge is 2.18. The smallest absolute Gasteiger partial charge is 0.272 e. The molecule has 0 aliphatic carbocycles. The van der Waals surface area contributed by atoms with E-state index in [1.165, 1.54) is 5.56 Å². The van der Waals surface area contributed by atoms with Gasteiger partial charge in [-0.3, -0.25) is 9.48 Å². The van der Waals surface area contributed by atoms with Crippen LogP contribution in [0, 0.1) is 0 Å². The lowest BCUT2D eigenvalue weighted by Crippen LogP contribution is -2.23. The van der Waals surface area contributed by atoms with Gasteiger partial charge in [0.05, 0.1) is 6.61 Å². The van der Waals surface area contributed by atoms with E-state index < -0.39 is 0 Å². The molecule has 1 amide bonds. The molecule has 0 bridgehead atoms. The van der Waals surface area contributed by atoms with Crippen LogP contribution in [-0.4, -0.2) is 22.3 Å². The molecule has 0 radical (unpaired) electrons. The average Bonchev–Trinajstić information content (AvgIpc) is 3.03. The third kappa shape index (κ3) is 2.56. The van der Waals surface area contributed by atoms with Gasteiger partial charge in [0.2, 0.25) is 0 Å². The third-order valence-corrected chi connectivity index (χ3v) is 3.67. The Morgan fingerprint density at radius 3 is 3.15 bits per heavy atom. The van der Waals surface area contributed by atoms with Gasteiger partial charge >= 0.3 is 0 Å². The topological polar surface area (TPSA) is 56.2 Å². The zero-order valence-corrected chi connectivity index (χ0v) is 12.6. The summed E-state index contributed by atoms with van der Waals surface area (Å²) in [6.45, 7) is 1.13. The van der Waals surface area contributed by atoms with Gasteiger partial charge in [0.1, 0.15) is 11.4 Å². The number of nitrogens with one attached hydrogen (secondary N) is 1. The summed E-state index contributed by atoms with van der Waals surface area (Å²) in [5, 5.41) is 6.95. The van der Waals surface area contributed by atoms with Crippen molar-refractivity contribution in [3.05, 3.63) is 45.7 Å². The zero-order chi connectivity index (χ0) is 14.1. The summed E-state index contributed by atoms with van der Waals surface area (Å²) in [6.07, 6.45) is 2.66. The van der Waals surface area contributed by atoms with E-state index in [4.69, 9.17) is 4.74 Å². The number of nitrogens with zero attached hydrogens (tertiary/aromatic N) is 2. The number of amides is 1. The maximum atomic E-state index is 12.0. The highest BCUT2D eigenvalue weighted by Crippen LogP contribution is 2.32. The Labute approximate surface area is 125 Å². The zero-order valence-electron chi connectivity index (χ0n) is 11.0. The number of carbonyl (C=O) groups is 1. The summed E-state index contributed by atoms with van der Waals surface area (Å²) in [4.78, 5) is 12.0. The largest absolute Gasteiger partial charge is 0.493 e. The number of rotatable bonds is 3. The summed E-state index contributed by atoms with van der Waals surface area (Å²) in [5.74, 6) is 0.715. The number of ether oxygens (including phenoxy) is 1. The first-order valence-corrected chi connectivity index (χ1v) is 7.15. The lowest BCUT2D eigenvalue weighted by molar-refractivity contribution is 0.0945. The number of carbonyl (C=O) groups excluding carboxylic acids is 1. The van der Waals surface area contributed by atoms with E-state index in [9.17, 15) is 4.79 Å². The maximum Gasteiger partial charge on any atom is 0.272 e. The summed E-state index contributed by atoms with van der Waals surface area (Å²) in [5.41, 5.74) is 2.58. The predicted octanol–water partition coefficient (Wildman–Crippen LogP) is 2.05. The number of aryl methyl sites for hydroxylation is 1. The fourth-order valence-electron chi connectivity index (χ4n) is 2.28. The van der Waals surface area contributed by atoms with Crippen LogP contribution >= 0.6 is 15.9 Å². The molecule has 0 saturated carbocycles. The average molecular weight is 336 g/mol. The molecule has 104 valence electrons. The van der Waals surface area contributed by atoms with Crippen LogP contribution in [0.15, 0.2) is 28.9 Å². The minimum Gasteiger partial charge on any atom is -0.493 e. The second-order valence-electron chi connectivity index (χ2n) is 4.71. The minimum absolute atomic E-state index is 0.183. The molecule has 3 rings (SSSR count). The lowest BCUT2D eigenvalue weighted by atomic mass is 10.1. The van der Waals surface area contributed by atoms with Crippen LogP contribution in [0.3, 0.4) is 0 Å². The molecule has 0 spiro atoms. The molecule has 5 nitrogen and oxygen atoms in total. The third-order valence-electron chi connectivity index (χ3n) is 3.21. The first-order valence-electron chi connectivity index (χ1n) is 6.35. The van der Waals surface area contributed by atoms with Crippen molar-refractivity contribution in [2.24, 2.45) is 7.05 Å². The highest BCUT2D eigenvalue weighted by atomic mass is 79.9. The molecule has 1 aliphatic heterocycles. The van der Waals surface area contributed by atoms with Crippen molar-refractivity contribution in [3.63, 3.8) is 0 Å². The van der Waals surface area contributed by atoms with Gasteiger partial charge in [-0.05, 0) is 23.8 Å². The molecule has 1 N–H and O–H groups in total. The lowest BCUT2D eigenvalue weighted by Gasteiger charge is -2.09. The van der Waals surface area contributed by atoms with Crippen molar-refractivity contribution in [1.82, 2.24) is 15.1 Å². The van der Waals surface area contributed by atoms with Crippen LogP contribution in [0.5, 0.6) is 5.75 Å². The number of halogens is 1. The summed E-state index contributed by atoms with van der Waals surface area (Å²) in [7, 11) is 1.78. The fourth-order valence-corrected chi connectivity index (χ4v) is 2.83. The van der Waals surface area contributed by atoms with E-state index in [0.29, 0.717) is 18.8 Å². The molecule has 0 saturated heterocycles. The van der Waals surface area contributed by atoms with Gasteiger partial charge in [0.25, 0.3) is 5.91 Å². The van der Waals surface area contributed by atoms with E-state index >= 15 is 0 Å². The van der Waals surface area contributed by atoms with E-state index in [-0.39, 0.29) is 5.91 Å². The van der Waals surface area contributed by atoms with Crippen LogP contribution in [0.4, 0.5) is 0 Å². The van der Waals surface area contributed by atoms with Crippen LogP contribution < -0.4 is 10.1 Å². The maximum absolute atomic E-state index is 12.0. The Hall–Kier alpha value is -1.82. The molecule has 2 heterocycles. The van der Waals surface area contributed by atoms with Crippen molar-refractivity contribution in [2.45, 2.75) is 13.0 Å². The minimum atomic E-state index is -0.183. The highest BCUT2D eigenvalue weighted by molar-refractivity contribution is 9.10. The standard InChI is InChI=1S/C14H14BrN3O2/c1-18-4-2-12(17-18)14(19)16-8-10-7-11(15)6-9-3-5-20-13(9)10/h2,4,6-7H,3,5,8H2,1H3,(H,16,19). The normalized spacial score (nSPS) is 12.9. The quantitative estimate of drug-likeness (QED) is 0.933. The van der Waals surface area contributed by atoms with Crippen LogP contribution in [-0.2, 0) is 20.0 Å². The van der Waals surface area contributed by atoms with Gasteiger partial charge in [-0.1, -0.05) is 15.9 Å². The summed E-state index contributed by atoms with van der Waals surface area (Å²) < 4.78 is 8.24. The molecular formula is C14H14BrN3O2. The molecule has 1 aromatic carbocycles. The van der Waals surface area contributed by atoms with Gasteiger partial charge in [-0.2, -0.15) is 5.10 Å². The van der Waals surface area contributed by atoms with Crippen LogP contribution in [0.2, 0.25) is 0 Å². The SMILES string of the molecule is Cn1ccc(C(=O)NCc2cc(Br)cc3c2OCC3)n1. The van der Waals surface area contributed by atoms with E-state index in [0.717, 1.165) is 22.2 Å². The van der Waals surface area contributed by atoms with Gasteiger partial charge in [0, 0.05) is 36.2 Å². The molecule has 0 fully saturated rings. The molecule has 6 heteroatoms. The van der Waals surface area contributed by atoms with Crippen LogP contribution in [0.25, 0.3) is 0 Å². The fraction of sp³-hybridized carbons (Fsp3) is 0.286. The molecule has 0 atom stereocenters. The number of benzene rings is 1. The summed E-state index contributed by atoms with van der Waals surface area (Å²) >= 11 is 3.49. The Morgan fingerprint density at radius 1 is 1.55 bits per heavy atom. The van der Waals surface area contributed by atoms with Crippen molar-refractivity contribution in [1.29, 1.82) is 0 Å². The van der Waals surface area contributed by atoms with E-state index in [2.05, 4.69) is 32.4 Å². The molecular weight excluding hydrogens is 322 g/mol. The molecule has 1 aliphatic rings. The Kier molecular flexibility index (Phi) is 3.48. The summed E-state index contributed by atoms with van der Waals surface area (Å²) in [6, 6.07) is 5.73. The van der Waals surface area contributed by atoms with Gasteiger partial charge < -0.3 is 10.1 Å². The number of fused-ring (bicyclic) bond motifs is 1. The van der Waals surface area contributed by atoms with Gasteiger partial charge in [-0.25, -0.2) is 0 Å². The van der Waals surface area contributed by atoms with Crippen LogP contribution in [0.1, 0.15) is 21.6 Å². The molecule has 0 unspecified atom stereocenters. The Bertz CT molecular complexity index is 666. The van der Waals surface area contributed by atoms with Crippen molar-refractivity contribution < 1.29 is 9.53 Å². The first-order chi connectivity index (χ1) is 9.63. The Balaban J connectivity index is 1.74. The van der Waals surface area contributed by atoms with Crippen molar-refractivity contribution in [3.8, 4) is 5.75 Å². The monoisotopic (exact) mass is 335 g/mol. The second kappa shape index (κ2) is 5.28. The number of hydrogen-bond acceptors (Lipinski definition) is 3. The molecule has 2 aromatic rings. The first kappa shape index (κ1) is 13.2. The second-order valence-corrected chi connectivity index (χ2v) is 5.62. The Morgan fingerprint density at radius 2 is 2.40 bits per heavy atom. The van der Waals surface area contributed by atoms with E-state index in [1.807, 2.05) is 6.07 Å². The number of hydrogen-bond donors (Lipinski definition) is 1. The van der Waals surface area contributed by atoms with E-state index in [1.54, 1.807) is 24.0 Å². The molecule has 20 heavy (non-hydrogen) atoms.